The topological polar surface area (TPSA) is 85.5 Å². The molecule has 0 amide bonds. The maximum Gasteiger partial charge on any atom is 0.340 e. The smallest absolute Gasteiger partial charge is 0.340 e. The molecule has 0 aliphatic carbocycles. The maximum atomic E-state index is 12.6. The fourth-order valence-corrected chi connectivity index (χ4v) is 2.88. The second-order valence-corrected chi connectivity index (χ2v) is 6.62. The average Bonchev–Trinajstić information content (AvgIpc) is 2.93. The Balaban J connectivity index is 2.11. The third-order valence-corrected chi connectivity index (χ3v) is 4.28. The summed E-state index contributed by atoms with van der Waals surface area (Å²) in [5, 5.41) is 0. The standard InChI is InChI=1S/C21H25NO5/c1-6-26-21(25)19-14(5)22-13(4)18(19)17(23)11-27-20(24)16-9-7-15(8-10-16)12(2)3/h7-10,12,22H,6,11H2,1-5H3. The van der Waals surface area contributed by atoms with E-state index in [2.05, 4.69) is 18.8 Å². The van der Waals surface area contributed by atoms with Crippen LogP contribution in [0.2, 0.25) is 0 Å². The molecule has 2 aromatic rings. The number of ether oxygens (including phenoxy) is 2. The largest absolute Gasteiger partial charge is 0.462 e. The Kier molecular flexibility index (Phi) is 6.55. The van der Waals surface area contributed by atoms with Crippen molar-refractivity contribution in [3.8, 4) is 0 Å². The van der Waals surface area contributed by atoms with E-state index in [1.54, 1.807) is 32.9 Å². The third-order valence-electron chi connectivity index (χ3n) is 4.28. The molecule has 2 rings (SSSR count). The summed E-state index contributed by atoms with van der Waals surface area (Å²) in [5.74, 6) is -1.25. The van der Waals surface area contributed by atoms with Crippen molar-refractivity contribution in [1.82, 2.24) is 4.98 Å². The molecule has 1 N–H and O–H groups in total. The fraction of sp³-hybridized carbons (Fsp3) is 0.381. The molecule has 6 nitrogen and oxygen atoms in total. The number of aryl methyl sites for hydroxylation is 2. The van der Waals surface area contributed by atoms with Gasteiger partial charge in [-0.1, -0.05) is 26.0 Å². The number of Topliss-reactive ketones (excluding diaryl/α,β-unsaturated/α-hetero) is 1. The molecule has 1 aromatic carbocycles. The summed E-state index contributed by atoms with van der Waals surface area (Å²) >= 11 is 0. The first kappa shape index (κ1) is 20.4. The van der Waals surface area contributed by atoms with Crippen LogP contribution < -0.4 is 0 Å². The number of hydrogen-bond donors (Lipinski definition) is 1. The molecular weight excluding hydrogens is 346 g/mol. The SMILES string of the molecule is CCOC(=O)c1c(C)[nH]c(C)c1C(=O)COC(=O)c1ccc(C(C)C)cc1. The van der Waals surface area contributed by atoms with Crippen molar-refractivity contribution in [3.05, 3.63) is 57.9 Å². The van der Waals surface area contributed by atoms with Gasteiger partial charge in [0.15, 0.2) is 6.61 Å². The van der Waals surface area contributed by atoms with E-state index >= 15 is 0 Å². The minimum atomic E-state index is -0.582. The van der Waals surface area contributed by atoms with Crippen LogP contribution >= 0.6 is 0 Å². The van der Waals surface area contributed by atoms with E-state index in [1.165, 1.54) is 0 Å². The van der Waals surface area contributed by atoms with E-state index in [4.69, 9.17) is 9.47 Å². The number of benzene rings is 1. The van der Waals surface area contributed by atoms with Gasteiger partial charge in [-0.2, -0.15) is 0 Å². The molecule has 0 saturated heterocycles. The summed E-state index contributed by atoms with van der Waals surface area (Å²) in [4.78, 5) is 39.9. The van der Waals surface area contributed by atoms with Crippen molar-refractivity contribution in [1.29, 1.82) is 0 Å². The quantitative estimate of drug-likeness (QED) is 0.588. The van der Waals surface area contributed by atoms with E-state index in [0.717, 1.165) is 5.56 Å². The van der Waals surface area contributed by atoms with Gasteiger partial charge in [-0.15, -0.1) is 0 Å². The Bertz CT molecular complexity index is 846. The van der Waals surface area contributed by atoms with Crippen molar-refractivity contribution in [2.24, 2.45) is 0 Å². The molecule has 0 saturated carbocycles. The van der Waals surface area contributed by atoms with E-state index in [1.807, 2.05) is 12.1 Å². The lowest BCUT2D eigenvalue weighted by Gasteiger charge is -2.08. The first-order valence-corrected chi connectivity index (χ1v) is 8.92. The molecule has 0 spiro atoms. The Morgan fingerprint density at radius 3 is 2.07 bits per heavy atom. The molecule has 0 radical (unpaired) electrons. The normalized spacial score (nSPS) is 10.7. The average molecular weight is 371 g/mol. The lowest BCUT2D eigenvalue weighted by atomic mass is 10.0. The highest BCUT2D eigenvalue weighted by molar-refractivity contribution is 6.09. The van der Waals surface area contributed by atoms with Crippen LogP contribution in [-0.4, -0.2) is 35.9 Å². The second kappa shape index (κ2) is 8.66. The molecule has 0 atom stereocenters. The third kappa shape index (κ3) is 4.64. The van der Waals surface area contributed by atoms with Crippen molar-refractivity contribution in [3.63, 3.8) is 0 Å². The van der Waals surface area contributed by atoms with E-state index in [0.29, 0.717) is 22.9 Å². The predicted molar refractivity (Wildman–Crippen MR) is 101 cm³/mol. The number of aromatic nitrogens is 1. The highest BCUT2D eigenvalue weighted by Gasteiger charge is 2.26. The summed E-state index contributed by atoms with van der Waals surface area (Å²) in [5.41, 5.74) is 2.97. The van der Waals surface area contributed by atoms with Gasteiger partial charge in [-0.05, 0) is 44.4 Å². The number of carbonyl (C=O) groups is 3. The number of nitrogens with one attached hydrogen (secondary N) is 1. The molecule has 1 aromatic heterocycles. The van der Waals surface area contributed by atoms with E-state index in [-0.39, 0.29) is 17.7 Å². The van der Waals surface area contributed by atoms with Gasteiger partial charge >= 0.3 is 11.9 Å². The van der Waals surface area contributed by atoms with E-state index in [9.17, 15) is 14.4 Å². The monoisotopic (exact) mass is 371 g/mol. The zero-order valence-corrected chi connectivity index (χ0v) is 16.3. The Labute approximate surface area is 158 Å². The van der Waals surface area contributed by atoms with Gasteiger partial charge in [-0.3, -0.25) is 4.79 Å². The molecule has 1 heterocycles. The lowest BCUT2D eigenvalue weighted by molar-refractivity contribution is 0.0472. The van der Waals surface area contributed by atoms with Gasteiger partial charge < -0.3 is 14.5 Å². The summed E-state index contributed by atoms with van der Waals surface area (Å²) in [6.45, 7) is 8.96. The molecule has 0 aliphatic rings. The Morgan fingerprint density at radius 1 is 0.926 bits per heavy atom. The lowest BCUT2D eigenvalue weighted by Crippen LogP contribution is -2.18. The van der Waals surface area contributed by atoms with Gasteiger partial charge in [0.25, 0.3) is 0 Å². The Hall–Kier alpha value is -2.89. The zero-order valence-electron chi connectivity index (χ0n) is 16.3. The van der Waals surface area contributed by atoms with Crippen LogP contribution in [0.4, 0.5) is 0 Å². The van der Waals surface area contributed by atoms with Crippen LogP contribution in [0.15, 0.2) is 24.3 Å². The number of rotatable bonds is 7. The highest BCUT2D eigenvalue weighted by Crippen LogP contribution is 2.21. The number of carbonyl (C=O) groups excluding carboxylic acids is 3. The minimum absolute atomic E-state index is 0.191. The van der Waals surface area contributed by atoms with Crippen molar-refractivity contribution >= 4 is 17.7 Å². The van der Waals surface area contributed by atoms with Crippen LogP contribution in [0.3, 0.4) is 0 Å². The molecule has 0 unspecified atom stereocenters. The van der Waals surface area contributed by atoms with Gasteiger partial charge in [0.2, 0.25) is 5.78 Å². The summed E-state index contributed by atoms with van der Waals surface area (Å²) in [7, 11) is 0. The zero-order chi connectivity index (χ0) is 20.1. The number of aromatic amines is 1. The highest BCUT2D eigenvalue weighted by atomic mass is 16.5. The Morgan fingerprint density at radius 2 is 1.52 bits per heavy atom. The van der Waals surface area contributed by atoms with Crippen molar-refractivity contribution < 1.29 is 23.9 Å². The summed E-state index contributed by atoms with van der Waals surface area (Å²) in [6, 6.07) is 7.08. The van der Waals surface area contributed by atoms with Crippen LogP contribution in [0.25, 0.3) is 0 Å². The first-order chi connectivity index (χ1) is 12.8. The second-order valence-electron chi connectivity index (χ2n) is 6.62. The van der Waals surface area contributed by atoms with Crippen LogP contribution in [-0.2, 0) is 9.47 Å². The maximum absolute atomic E-state index is 12.6. The number of ketones is 1. The number of esters is 2. The van der Waals surface area contributed by atoms with Gasteiger partial charge in [0.05, 0.1) is 23.3 Å². The van der Waals surface area contributed by atoms with Crippen LogP contribution in [0.1, 0.15) is 74.7 Å². The van der Waals surface area contributed by atoms with Crippen molar-refractivity contribution in [2.45, 2.75) is 40.5 Å². The predicted octanol–water partition coefficient (Wildman–Crippen LogP) is 3.97. The molecule has 6 heteroatoms. The number of hydrogen-bond acceptors (Lipinski definition) is 5. The molecule has 27 heavy (non-hydrogen) atoms. The van der Waals surface area contributed by atoms with Crippen LogP contribution in [0.5, 0.6) is 0 Å². The summed E-state index contributed by atoms with van der Waals surface area (Å²) < 4.78 is 10.2. The summed E-state index contributed by atoms with van der Waals surface area (Å²) in [6.07, 6.45) is 0. The number of H-pyrrole nitrogens is 1. The van der Waals surface area contributed by atoms with Crippen molar-refractivity contribution in [2.75, 3.05) is 13.2 Å². The molecule has 0 aliphatic heterocycles. The molecular formula is C21H25NO5. The van der Waals surface area contributed by atoms with Gasteiger partial charge in [-0.25, -0.2) is 9.59 Å². The fourth-order valence-electron chi connectivity index (χ4n) is 2.88. The molecule has 0 bridgehead atoms. The first-order valence-electron chi connectivity index (χ1n) is 8.92. The molecule has 144 valence electrons. The van der Waals surface area contributed by atoms with E-state index < -0.39 is 24.3 Å². The molecule has 0 fully saturated rings. The minimum Gasteiger partial charge on any atom is -0.462 e. The van der Waals surface area contributed by atoms with Gasteiger partial charge in [0.1, 0.15) is 0 Å². The van der Waals surface area contributed by atoms with Gasteiger partial charge in [0, 0.05) is 11.4 Å². The van der Waals surface area contributed by atoms with Crippen LogP contribution in [0, 0.1) is 13.8 Å².